The van der Waals surface area contributed by atoms with Crippen molar-refractivity contribution in [2.45, 2.75) is 19.5 Å². The second-order valence-corrected chi connectivity index (χ2v) is 5.94. The molecular formula is C17H17F2N3O4. The number of nitrogens with one attached hydrogen (secondary N) is 1. The molecule has 0 saturated carbocycles. The Hall–Kier alpha value is -2.97. The van der Waals surface area contributed by atoms with Crippen LogP contribution in [0.1, 0.15) is 12.8 Å². The largest absolute Gasteiger partial charge is 0.481 e. The fourth-order valence-electron chi connectivity index (χ4n) is 3.00. The molecule has 1 aromatic carbocycles. The van der Waals surface area contributed by atoms with Crippen LogP contribution in [0.4, 0.5) is 19.3 Å². The van der Waals surface area contributed by atoms with Crippen molar-refractivity contribution < 1.29 is 28.2 Å². The number of carbonyl (C=O) groups is 2. The number of aromatic nitrogens is 1. The predicted octanol–water partition coefficient (Wildman–Crippen LogP) is 3.16. The first-order valence-electron chi connectivity index (χ1n) is 8.07. The number of carboxylic acids is 1. The van der Waals surface area contributed by atoms with Crippen molar-refractivity contribution in [3.8, 4) is 5.75 Å². The van der Waals surface area contributed by atoms with Gasteiger partial charge in [-0.1, -0.05) is 0 Å². The van der Waals surface area contributed by atoms with Crippen LogP contribution in [0.25, 0.3) is 10.9 Å². The van der Waals surface area contributed by atoms with Crippen molar-refractivity contribution in [3.05, 3.63) is 30.5 Å². The maximum Gasteiger partial charge on any atom is 0.387 e. The molecule has 2 N–H and O–H groups in total. The Morgan fingerprint density at radius 1 is 1.35 bits per heavy atom. The number of nitrogens with zero attached hydrogens (tertiary/aromatic N) is 2. The molecule has 9 heteroatoms. The first-order chi connectivity index (χ1) is 12.5. The Kier molecular flexibility index (Phi) is 5.15. The van der Waals surface area contributed by atoms with E-state index >= 15 is 0 Å². The first-order valence-corrected chi connectivity index (χ1v) is 8.07. The number of carbonyl (C=O) groups excluding carboxylic acids is 1. The van der Waals surface area contributed by atoms with E-state index in [4.69, 9.17) is 5.11 Å². The molecule has 1 aliphatic rings. The van der Waals surface area contributed by atoms with E-state index in [1.165, 1.54) is 23.2 Å². The van der Waals surface area contributed by atoms with Gasteiger partial charge in [-0.2, -0.15) is 8.78 Å². The molecule has 1 fully saturated rings. The summed E-state index contributed by atoms with van der Waals surface area (Å²) < 4.78 is 29.5. The van der Waals surface area contributed by atoms with Gasteiger partial charge in [-0.3, -0.25) is 9.78 Å². The number of anilines is 1. The van der Waals surface area contributed by atoms with Crippen LogP contribution in [0.5, 0.6) is 5.75 Å². The van der Waals surface area contributed by atoms with Gasteiger partial charge >= 0.3 is 18.6 Å². The summed E-state index contributed by atoms with van der Waals surface area (Å²) in [7, 11) is 0. The number of halogens is 2. The average Bonchev–Trinajstić information content (AvgIpc) is 2.63. The fraction of sp³-hybridized carbons (Fsp3) is 0.353. The van der Waals surface area contributed by atoms with Gasteiger partial charge in [0.25, 0.3) is 0 Å². The van der Waals surface area contributed by atoms with E-state index in [0.29, 0.717) is 30.5 Å². The summed E-state index contributed by atoms with van der Waals surface area (Å²) in [5.41, 5.74) is 0.588. The molecule has 0 aliphatic carbocycles. The molecule has 0 radical (unpaired) electrons. The van der Waals surface area contributed by atoms with Gasteiger partial charge in [0, 0.05) is 24.7 Å². The normalized spacial score (nSPS) is 17.3. The molecule has 0 spiro atoms. The van der Waals surface area contributed by atoms with Gasteiger partial charge in [-0.05, 0) is 37.1 Å². The van der Waals surface area contributed by atoms with Gasteiger partial charge in [-0.15, -0.1) is 0 Å². The van der Waals surface area contributed by atoms with Crippen molar-refractivity contribution in [2.75, 3.05) is 18.4 Å². The molecule has 2 heterocycles. The minimum Gasteiger partial charge on any atom is -0.481 e. The van der Waals surface area contributed by atoms with Crippen LogP contribution < -0.4 is 10.1 Å². The van der Waals surface area contributed by atoms with Gasteiger partial charge in [0.15, 0.2) is 5.75 Å². The standard InChI is InChI=1S/C17H17F2N3O4/c18-16(19)26-13-6-5-12(11-4-1-7-20-14(11)13)21-17(25)22-8-2-3-10(9-22)15(23)24/h1,4-7,10,16H,2-3,8-9H2,(H,21,25)(H,23,24). The lowest BCUT2D eigenvalue weighted by Gasteiger charge is -2.30. The van der Waals surface area contributed by atoms with Crippen LogP contribution >= 0.6 is 0 Å². The van der Waals surface area contributed by atoms with E-state index in [1.54, 1.807) is 12.1 Å². The Morgan fingerprint density at radius 2 is 2.15 bits per heavy atom. The van der Waals surface area contributed by atoms with Crippen LogP contribution in [-0.2, 0) is 4.79 Å². The van der Waals surface area contributed by atoms with E-state index in [2.05, 4.69) is 15.0 Å². The lowest BCUT2D eigenvalue weighted by molar-refractivity contribution is -0.143. The van der Waals surface area contributed by atoms with E-state index in [0.717, 1.165) is 0 Å². The summed E-state index contributed by atoms with van der Waals surface area (Å²) in [5.74, 6) is -1.60. The highest BCUT2D eigenvalue weighted by Gasteiger charge is 2.28. The van der Waals surface area contributed by atoms with Crippen LogP contribution in [0.15, 0.2) is 30.5 Å². The predicted molar refractivity (Wildman–Crippen MR) is 89.3 cm³/mol. The number of ether oxygens (including phenoxy) is 1. The molecule has 2 amide bonds. The second kappa shape index (κ2) is 7.51. The molecular weight excluding hydrogens is 348 g/mol. The molecule has 2 aromatic rings. The molecule has 3 rings (SSSR count). The quantitative estimate of drug-likeness (QED) is 0.868. The number of carboxylic acid groups (broad SMARTS) is 1. The maximum atomic E-state index is 12.5. The number of piperidine rings is 1. The Morgan fingerprint density at radius 3 is 2.88 bits per heavy atom. The molecule has 1 unspecified atom stereocenters. The number of amides is 2. The van der Waals surface area contributed by atoms with Crippen LogP contribution in [0, 0.1) is 5.92 Å². The molecule has 26 heavy (non-hydrogen) atoms. The number of urea groups is 1. The average molecular weight is 365 g/mol. The maximum absolute atomic E-state index is 12.5. The Labute approximate surface area is 147 Å². The summed E-state index contributed by atoms with van der Waals surface area (Å²) in [5, 5.41) is 12.3. The highest BCUT2D eigenvalue weighted by molar-refractivity contribution is 6.02. The highest BCUT2D eigenvalue weighted by Crippen LogP contribution is 2.31. The number of hydrogen-bond acceptors (Lipinski definition) is 4. The lowest BCUT2D eigenvalue weighted by atomic mass is 9.99. The first kappa shape index (κ1) is 17.8. The Bertz CT molecular complexity index is 831. The summed E-state index contributed by atoms with van der Waals surface area (Å²) in [6.07, 6.45) is 2.58. The second-order valence-electron chi connectivity index (χ2n) is 5.94. The molecule has 1 aromatic heterocycles. The number of aliphatic carboxylic acids is 1. The van der Waals surface area contributed by atoms with Crippen molar-refractivity contribution in [3.63, 3.8) is 0 Å². The van der Waals surface area contributed by atoms with Gasteiger partial charge < -0.3 is 20.1 Å². The van der Waals surface area contributed by atoms with E-state index in [-0.39, 0.29) is 17.8 Å². The van der Waals surface area contributed by atoms with Gasteiger partial charge in [0.1, 0.15) is 5.52 Å². The third kappa shape index (κ3) is 3.81. The summed E-state index contributed by atoms with van der Waals surface area (Å²) >= 11 is 0. The SMILES string of the molecule is O=C(O)C1CCCN(C(=O)Nc2ccc(OC(F)F)c3ncccc23)C1. The van der Waals surface area contributed by atoms with E-state index in [1.807, 2.05) is 0 Å². The summed E-state index contributed by atoms with van der Waals surface area (Å²) in [6, 6.07) is 5.58. The number of rotatable bonds is 4. The molecule has 138 valence electrons. The third-order valence-electron chi connectivity index (χ3n) is 4.25. The topological polar surface area (TPSA) is 91.8 Å². The minimum atomic E-state index is -2.98. The molecule has 1 aliphatic heterocycles. The van der Waals surface area contributed by atoms with Crippen LogP contribution in [0.2, 0.25) is 0 Å². The summed E-state index contributed by atoms with van der Waals surface area (Å²) in [4.78, 5) is 29.1. The number of pyridine rings is 1. The number of fused-ring (bicyclic) bond motifs is 1. The van der Waals surface area contributed by atoms with Gasteiger partial charge in [-0.25, -0.2) is 4.79 Å². The lowest BCUT2D eigenvalue weighted by Crippen LogP contribution is -2.44. The zero-order valence-electron chi connectivity index (χ0n) is 13.7. The van der Waals surface area contributed by atoms with Crippen molar-refractivity contribution in [2.24, 2.45) is 5.92 Å². The smallest absolute Gasteiger partial charge is 0.387 e. The number of benzene rings is 1. The van der Waals surface area contributed by atoms with E-state index in [9.17, 15) is 18.4 Å². The van der Waals surface area contributed by atoms with Gasteiger partial charge in [0.05, 0.1) is 11.6 Å². The number of likely N-dealkylation sites (tertiary alicyclic amines) is 1. The zero-order valence-corrected chi connectivity index (χ0v) is 13.7. The fourth-order valence-corrected chi connectivity index (χ4v) is 3.00. The van der Waals surface area contributed by atoms with Gasteiger partial charge in [0.2, 0.25) is 0 Å². The molecule has 7 nitrogen and oxygen atoms in total. The zero-order chi connectivity index (χ0) is 18.7. The minimum absolute atomic E-state index is 0.0856. The number of hydrogen-bond donors (Lipinski definition) is 2. The van der Waals surface area contributed by atoms with Crippen molar-refractivity contribution >= 4 is 28.6 Å². The third-order valence-corrected chi connectivity index (χ3v) is 4.25. The molecule has 1 saturated heterocycles. The van der Waals surface area contributed by atoms with E-state index < -0.39 is 24.5 Å². The number of alkyl halides is 2. The van der Waals surface area contributed by atoms with Crippen LogP contribution in [0.3, 0.4) is 0 Å². The highest BCUT2D eigenvalue weighted by atomic mass is 19.3. The summed E-state index contributed by atoms with van der Waals surface area (Å²) in [6.45, 7) is -2.40. The van der Waals surface area contributed by atoms with Crippen molar-refractivity contribution in [1.82, 2.24) is 9.88 Å². The monoisotopic (exact) mass is 365 g/mol. The Balaban J connectivity index is 1.82. The van der Waals surface area contributed by atoms with Crippen molar-refractivity contribution in [1.29, 1.82) is 0 Å². The van der Waals surface area contributed by atoms with Crippen LogP contribution in [-0.4, -0.2) is 46.7 Å². The molecule has 0 bridgehead atoms. The molecule has 1 atom stereocenters.